The molecule has 0 aliphatic rings. The van der Waals surface area contributed by atoms with Crippen LogP contribution in [0.15, 0.2) is 71.6 Å². The van der Waals surface area contributed by atoms with E-state index in [-0.39, 0.29) is 23.4 Å². The van der Waals surface area contributed by atoms with Crippen LogP contribution in [-0.4, -0.2) is 43.8 Å². The Kier molecular flexibility index (Phi) is 10.4. The van der Waals surface area contributed by atoms with E-state index < -0.39 is 28.5 Å². The highest BCUT2D eigenvalue weighted by Gasteiger charge is 2.34. The average molecular weight is 584 g/mol. The van der Waals surface area contributed by atoms with Crippen LogP contribution in [0.25, 0.3) is 0 Å². The Morgan fingerprint density at radius 3 is 2.02 bits per heavy atom. The van der Waals surface area contributed by atoms with Gasteiger partial charge in [0.25, 0.3) is 10.0 Å². The standard InChI is InChI=1S/C31H38ClN3O4S/c1-7-28(31(37)33-21(2)3)34(19-25-13-8-22(4)9-14-25)30(36)20-35(29-18-26(32)15-12-24(29)6)40(38,39)27-16-10-23(5)11-17-27/h8-18,21,28H,7,19-20H2,1-6H3,(H,33,37). The summed E-state index contributed by atoms with van der Waals surface area (Å²) in [6, 6.07) is 18.2. The monoisotopic (exact) mass is 583 g/mol. The first-order valence-electron chi connectivity index (χ1n) is 13.3. The molecule has 0 saturated carbocycles. The first-order chi connectivity index (χ1) is 18.8. The normalized spacial score (nSPS) is 12.2. The first-order valence-corrected chi connectivity index (χ1v) is 15.2. The molecule has 9 heteroatoms. The number of amides is 2. The van der Waals surface area contributed by atoms with Crippen LogP contribution < -0.4 is 9.62 Å². The minimum Gasteiger partial charge on any atom is -0.352 e. The summed E-state index contributed by atoms with van der Waals surface area (Å²) in [6.07, 6.45) is 0.358. The zero-order valence-electron chi connectivity index (χ0n) is 23.9. The maximum atomic E-state index is 14.1. The Bertz CT molecular complexity index is 1440. The van der Waals surface area contributed by atoms with Crippen molar-refractivity contribution in [2.45, 2.75) is 71.5 Å². The molecule has 7 nitrogen and oxygen atoms in total. The summed E-state index contributed by atoms with van der Waals surface area (Å²) in [6.45, 7) is 10.8. The van der Waals surface area contributed by atoms with Gasteiger partial charge >= 0.3 is 0 Å². The van der Waals surface area contributed by atoms with E-state index in [1.54, 1.807) is 37.3 Å². The number of sulfonamides is 1. The summed E-state index contributed by atoms with van der Waals surface area (Å²) in [5.74, 6) is -0.786. The van der Waals surface area contributed by atoms with Crippen molar-refractivity contribution in [3.63, 3.8) is 0 Å². The highest BCUT2D eigenvalue weighted by atomic mass is 35.5. The van der Waals surface area contributed by atoms with Crippen LogP contribution in [0.4, 0.5) is 5.69 Å². The quantitative estimate of drug-likeness (QED) is 0.309. The van der Waals surface area contributed by atoms with Crippen molar-refractivity contribution in [2.75, 3.05) is 10.8 Å². The molecule has 0 fully saturated rings. The summed E-state index contributed by atoms with van der Waals surface area (Å²) >= 11 is 6.29. The molecule has 3 rings (SSSR count). The van der Waals surface area contributed by atoms with Crippen molar-refractivity contribution in [3.8, 4) is 0 Å². The predicted molar refractivity (Wildman–Crippen MR) is 161 cm³/mol. The summed E-state index contributed by atoms with van der Waals surface area (Å²) in [5.41, 5.74) is 3.75. The topological polar surface area (TPSA) is 86.8 Å². The summed E-state index contributed by atoms with van der Waals surface area (Å²) in [7, 11) is -4.16. The highest BCUT2D eigenvalue weighted by Crippen LogP contribution is 2.30. The second kappa shape index (κ2) is 13.3. The van der Waals surface area contributed by atoms with Gasteiger partial charge in [0, 0.05) is 17.6 Å². The van der Waals surface area contributed by atoms with Crippen LogP contribution >= 0.6 is 11.6 Å². The third-order valence-electron chi connectivity index (χ3n) is 6.62. The fourth-order valence-electron chi connectivity index (χ4n) is 4.39. The van der Waals surface area contributed by atoms with Crippen LogP contribution in [0.3, 0.4) is 0 Å². The SMILES string of the molecule is CCC(C(=O)NC(C)C)N(Cc1ccc(C)cc1)C(=O)CN(c1cc(Cl)ccc1C)S(=O)(=O)c1ccc(C)cc1. The van der Waals surface area contributed by atoms with Gasteiger partial charge in [-0.05, 0) is 76.4 Å². The lowest BCUT2D eigenvalue weighted by Crippen LogP contribution is -2.53. The predicted octanol–water partition coefficient (Wildman–Crippen LogP) is 5.79. The summed E-state index contributed by atoms with van der Waals surface area (Å²) in [4.78, 5) is 28.9. The molecule has 0 aliphatic carbocycles. The number of nitrogens with zero attached hydrogens (tertiary/aromatic N) is 2. The molecule has 40 heavy (non-hydrogen) atoms. The van der Waals surface area contributed by atoms with Gasteiger partial charge in [0.05, 0.1) is 10.6 Å². The number of nitrogens with one attached hydrogen (secondary N) is 1. The number of halogens is 1. The van der Waals surface area contributed by atoms with Gasteiger partial charge in [-0.25, -0.2) is 8.42 Å². The third kappa shape index (κ3) is 7.64. The lowest BCUT2D eigenvalue weighted by atomic mass is 10.1. The number of anilines is 1. The van der Waals surface area contributed by atoms with Gasteiger partial charge in [-0.15, -0.1) is 0 Å². The molecule has 0 aromatic heterocycles. The maximum absolute atomic E-state index is 14.1. The van der Waals surface area contributed by atoms with Crippen LogP contribution in [0.2, 0.25) is 5.02 Å². The Labute approximate surface area is 243 Å². The molecule has 0 aliphatic heterocycles. The molecule has 0 bridgehead atoms. The molecule has 1 atom stereocenters. The van der Waals surface area contributed by atoms with Crippen molar-refractivity contribution in [1.82, 2.24) is 10.2 Å². The molecular formula is C31H38ClN3O4S. The molecular weight excluding hydrogens is 546 g/mol. The van der Waals surface area contributed by atoms with E-state index in [0.717, 1.165) is 21.0 Å². The van der Waals surface area contributed by atoms with Gasteiger partial charge in [-0.3, -0.25) is 13.9 Å². The zero-order chi connectivity index (χ0) is 29.6. The number of benzene rings is 3. The largest absolute Gasteiger partial charge is 0.352 e. The minimum absolute atomic E-state index is 0.0555. The second-order valence-electron chi connectivity index (χ2n) is 10.4. The van der Waals surface area contributed by atoms with Gasteiger partial charge in [0.2, 0.25) is 11.8 Å². The second-order valence-corrected chi connectivity index (χ2v) is 12.6. The zero-order valence-corrected chi connectivity index (χ0v) is 25.5. The Balaban J connectivity index is 2.10. The third-order valence-corrected chi connectivity index (χ3v) is 8.63. The van der Waals surface area contributed by atoms with Gasteiger partial charge in [0.1, 0.15) is 12.6 Å². The molecule has 3 aromatic carbocycles. The lowest BCUT2D eigenvalue weighted by molar-refractivity contribution is -0.140. The fourth-order valence-corrected chi connectivity index (χ4v) is 6.03. The Morgan fingerprint density at radius 2 is 1.48 bits per heavy atom. The van der Waals surface area contributed by atoms with Gasteiger partial charge in [0.15, 0.2) is 0 Å². The first kappa shape index (κ1) is 31.2. The van der Waals surface area contributed by atoms with E-state index in [2.05, 4.69) is 5.32 Å². The van der Waals surface area contributed by atoms with E-state index >= 15 is 0 Å². The fraction of sp³-hybridized carbons (Fsp3) is 0.355. The Morgan fingerprint density at radius 1 is 0.900 bits per heavy atom. The molecule has 0 radical (unpaired) electrons. The average Bonchev–Trinajstić information content (AvgIpc) is 2.89. The van der Waals surface area contributed by atoms with E-state index in [1.165, 1.54) is 17.0 Å². The molecule has 214 valence electrons. The van der Waals surface area contributed by atoms with Crippen LogP contribution in [0.1, 0.15) is 49.4 Å². The Hall–Kier alpha value is -3.36. The molecule has 3 aromatic rings. The van der Waals surface area contributed by atoms with Gasteiger partial charge < -0.3 is 10.2 Å². The smallest absolute Gasteiger partial charge is 0.264 e. The number of carbonyl (C=O) groups excluding carboxylic acids is 2. The maximum Gasteiger partial charge on any atom is 0.264 e. The van der Waals surface area contributed by atoms with Crippen molar-refractivity contribution in [2.24, 2.45) is 0 Å². The molecule has 2 amide bonds. The van der Waals surface area contributed by atoms with E-state index in [4.69, 9.17) is 11.6 Å². The molecule has 0 spiro atoms. The lowest BCUT2D eigenvalue weighted by Gasteiger charge is -2.34. The van der Waals surface area contributed by atoms with Crippen LogP contribution in [0.5, 0.6) is 0 Å². The summed E-state index contributed by atoms with van der Waals surface area (Å²) < 4.78 is 29.1. The van der Waals surface area contributed by atoms with Crippen molar-refractivity contribution in [1.29, 1.82) is 0 Å². The molecule has 0 saturated heterocycles. The summed E-state index contributed by atoms with van der Waals surface area (Å²) in [5, 5.41) is 3.25. The molecule has 0 heterocycles. The van der Waals surface area contributed by atoms with E-state index in [0.29, 0.717) is 22.7 Å². The van der Waals surface area contributed by atoms with Crippen LogP contribution in [0, 0.1) is 20.8 Å². The number of hydrogen-bond donors (Lipinski definition) is 1. The number of aryl methyl sites for hydroxylation is 3. The van der Waals surface area contributed by atoms with Gasteiger partial charge in [-0.1, -0.05) is 72.1 Å². The van der Waals surface area contributed by atoms with Gasteiger partial charge in [-0.2, -0.15) is 0 Å². The number of carbonyl (C=O) groups is 2. The number of rotatable bonds is 11. The highest BCUT2D eigenvalue weighted by molar-refractivity contribution is 7.92. The van der Waals surface area contributed by atoms with Crippen molar-refractivity contribution >= 4 is 39.1 Å². The molecule has 1 N–H and O–H groups in total. The van der Waals surface area contributed by atoms with Crippen molar-refractivity contribution < 1.29 is 18.0 Å². The van der Waals surface area contributed by atoms with E-state index in [9.17, 15) is 18.0 Å². The van der Waals surface area contributed by atoms with Crippen molar-refractivity contribution in [3.05, 3.63) is 94.0 Å². The van der Waals surface area contributed by atoms with Crippen LogP contribution in [-0.2, 0) is 26.2 Å². The molecule has 1 unspecified atom stereocenters. The minimum atomic E-state index is -4.16. The number of hydrogen-bond acceptors (Lipinski definition) is 4. The van der Waals surface area contributed by atoms with E-state index in [1.807, 2.05) is 58.9 Å².